The molecule has 0 amide bonds. The molecule has 2 N–H and O–H groups in total. The summed E-state index contributed by atoms with van der Waals surface area (Å²) in [7, 11) is 1.69. The maximum absolute atomic E-state index is 13.6. The van der Waals surface area contributed by atoms with E-state index in [1.807, 2.05) is 42.5 Å². The van der Waals surface area contributed by atoms with E-state index < -0.39 is 5.83 Å². The van der Waals surface area contributed by atoms with Crippen LogP contribution in [0.25, 0.3) is 12.2 Å². The standard InChI is InChI=1S/C36H36FN7O2/c1-45-29-11-7-9-26(21-29)25-44-32-13-4-2-3-12-30(32)42-35(44)16-19-38-17-6-5-14-36-43-31-23-34(40-20-15-33(31)46-36)41-24-28-22-27(37)10-8-18-39-28/h2,4,7-13,15,18,20-21,23,31,38,41H,5-6,14,16-17,19,24-25H2,1H3. The van der Waals surface area contributed by atoms with Crippen LogP contribution in [0.1, 0.15) is 42.0 Å². The predicted octanol–water partition coefficient (Wildman–Crippen LogP) is 5.61. The van der Waals surface area contributed by atoms with Gasteiger partial charge in [0.15, 0.2) is 11.7 Å². The second-order valence-corrected chi connectivity index (χ2v) is 10.9. The molecule has 4 heterocycles. The predicted molar refractivity (Wildman–Crippen MR) is 181 cm³/mol. The zero-order valence-corrected chi connectivity index (χ0v) is 25.7. The Balaban J connectivity index is 0.965. The van der Waals surface area contributed by atoms with Crippen molar-refractivity contribution in [3.05, 3.63) is 118 Å². The second-order valence-electron chi connectivity index (χ2n) is 10.9. The molecule has 1 aliphatic carbocycles. The van der Waals surface area contributed by atoms with Gasteiger partial charge in [0.05, 0.1) is 25.0 Å². The number of halogens is 1. The molecule has 0 bridgehead atoms. The minimum absolute atomic E-state index is 0.241. The fraction of sp³-hybridized carbons (Fsp3) is 0.278. The Kier molecular flexibility index (Phi) is 10.1. The largest absolute Gasteiger partial charge is 0.497 e. The molecule has 2 aromatic rings. The molecule has 46 heavy (non-hydrogen) atoms. The summed E-state index contributed by atoms with van der Waals surface area (Å²) in [4.78, 5) is 18.3. The number of nitrogens with one attached hydrogen (secondary N) is 2. The first-order valence-electron chi connectivity index (χ1n) is 15.5. The van der Waals surface area contributed by atoms with Crippen LogP contribution in [-0.2, 0) is 17.7 Å². The number of rotatable bonds is 14. The van der Waals surface area contributed by atoms with Crippen LogP contribution < -0.4 is 15.4 Å². The molecule has 1 atom stereocenters. The highest BCUT2D eigenvalue weighted by Gasteiger charge is 2.24. The van der Waals surface area contributed by atoms with Gasteiger partial charge in [0.25, 0.3) is 0 Å². The lowest BCUT2D eigenvalue weighted by Crippen LogP contribution is -2.20. The Labute approximate surface area is 268 Å². The van der Waals surface area contributed by atoms with Crippen molar-refractivity contribution in [2.75, 3.05) is 26.7 Å². The van der Waals surface area contributed by atoms with Crippen molar-refractivity contribution < 1.29 is 13.9 Å². The number of imidazole rings is 1. The molecule has 9 nitrogen and oxygen atoms in total. The van der Waals surface area contributed by atoms with E-state index in [9.17, 15) is 4.39 Å². The molecule has 0 saturated carbocycles. The van der Waals surface area contributed by atoms with Gasteiger partial charge in [-0.25, -0.2) is 15.0 Å². The van der Waals surface area contributed by atoms with E-state index in [1.54, 1.807) is 25.6 Å². The Morgan fingerprint density at radius 1 is 1.09 bits per heavy atom. The van der Waals surface area contributed by atoms with Crippen molar-refractivity contribution in [1.82, 2.24) is 20.2 Å². The monoisotopic (exact) mass is 617 g/mol. The van der Waals surface area contributed by atoms with Gasteiger partial charge in [-0.2, -0.15) is 4.39 Å². The van der Waals surface area contributed by atoms with Crippen LogP contribution in [-0.4, -0.2) is 60.7 Å². The number of hydrogen-bond acceptors (Lipinski definition) is 8. The number of aromatic nitrogens is 2. The summed E-state index contributed by atoms with van der Waals surface area (Å²) >= 11 is 0. The minimum atomic E-state index is -0.459. The van der Waals surface area contributed by atoms with Crippen molar-refractivity contribution in [3.63, 3.8) is 0 Å². The number of methoxy groups -OCH3 is 1. The van der Waals surface area contributed by atoms with Crippen LogP contribution in [0.4, 0.5) is 4.39 Å². The lowest BCUT2D eigenvalue weighted by Gasteiger charge is -2.12. The van der Waals surface area contributed by atoms with Gasteiger partial charge < -0.3 is 24.7 Å². The minimum Gasteiger partial charge on any atom is -0.497 e. The number of hydrogen-bond donors (Lipinski definition) is 2. The third-order valence-electron chi connectivity index (χ3n) is 7.61. The molecule has 3 aliphatic heterocycles. The first-order valence-corrected chi connectivity index (χ1v) is 15.5. The van der Waals surface area contributed by atoms with Crippen molar-refractivity contribution in [2.24, 2.45) is 15.0 Å². The molecule has 4 aliphatic rings. The zero-order valence-electron chi connectivity index (χ0n) is 25.7. The molecule has 0 fully saturated rings. The van der Waals surface area contributed by atoms with Gasteiger partial charge in [0, 0.05) is 44.4 Å². The number of unbranched alkanes of at least 4 members (excludes halogenated alkanes) is 1. The molecule has 0 radical (unpaired) electrons. The maximum atomic E-state index is 13.6. The molecular formula is C36H36FN7O2. The number of allylic oxidation sites excluding steroid dienone is 5. The van der Waals surface area contributed by atoms with E-state index >= 15 is 0 Å². The Morgan fingerprint density at radius 2 is 2.04 bits per heavy atom. The van der Waals surface area contributed by atoms with Crippen LogP contribution >= 0.6 is 0 Å². The van der Waals surface area contributed by atoms with Gasteiger partial charge >= 0.3 is 0 Å². The summed E-state index contributed by atoms with van der Waals surface area (Å²) < 4.78 is 27.4. The molecule has 1 aromatic heterocycles. The lowest BCUT2D eigenvalue weighted by molar-refractivity contribution is 0.413. The topological polar surface area (TPSA) is 97.4 Å². The number of nitrogens with zero attached hydrogens (tertiary/aromatic N) is 5. The van der Waals surface area contributed by atoms with Crippen LogP contribution in [0.5, 0.6) is 5.75 Å². The summed E-state index contributed by atoms with van der Waals surface area (Å²) in [6.07, 6.45) is 21.3. The fourth-order valence-corrected chi connectivity index (χ4v) is 5.34. The van der Waals surface area contributed by atoms with Gasteiger partial charge in [-0.15, -0.1) is 5.73 Å². The highest BCUT2D eigenvalue weighted by atomic mass is 19.1. The van der Waals surface area contributed by atoms with E-state index in [2.05, 4.69) is 54.9 Å². The molecule has 1 aromatic carbocycles. The van der Waals surface area contributed by atoms with Gasteiger partial charge in [0.2, 0.25) is 0 Å². The number of benzene rings is 1. The van der Waals surface area contributed by atoms with Crippen LogP contribution in [0.3, 0.4) is 0 Å². The van der Waals surface area contributed by atoms with Gasteiger partial charge in [-0.1, -0.05) is 23.9 Å². The molecule has 0 spiro atoms. The van der Waals surface area contributed by atoms with E-state index in [-0.39, 0.29) is 6.04 Å². The van der Waals surface area contributed by atoms with Gasteiger partial charge in [0.1, 0.15) is 34.9 Å². The molecule has 0 saturated heterocycles. The van der Waals surface area contributed by atoms with E-state index in [0.717, 1.165) is 79.0 Å². The van der Waals surface area contributed by atoms with Gasteiger partial charge in [-0.05, 0) is 73.5 Å². The number of aliphatic imine (C=N–C) groups is 3. The van der Waals surface area contributed by atoms with Crippen molar-refractivity contribution in [2.45, 2.75) is 38.3 Å². The molecular weight excluding hydrogens is 581 g/mol. The lowest BCUT2D eigenvalue weighted by atomic mass is 10.2. The second kappa shape index (κ2) is 15.1. The normalized spacial score (nSPS) is 17.5. The molecule has 1 unspecified atom stereocenters. The Bertz CT molecular complexity index is 1810. The highest BCUT2D eigenvalue weighted by Crippen LogP contribution is 2.24. The first-order chi connectivity index (χ1) is 22.6. The third kappa shape index (κ3) is 8.06. The van der Waals surface area contributed by atoms with Crippen LogP contribution in [0.2, 0.25) is 0 Å². The zero-order chi connectivity index (χ0) is 31.6. The Hall–Kier alpha value is -5.27. The summed E-state index contributed by atoms with van der Waals surface area (Å²) in [5.74, 6) is 3.53. The summed E-state index contributed by atoms with van der Waals surface area (Å²) in [5, 5.41) is 6.76. The third-order valence-corrected chi connectivity index (χ3v) is 7.61. The highest BCUT2D eigenvalue weighted by molar-refractivity contribution is 5.83. The van der Waals surface area contributed by atoms with E-state index in [1.165, 1.54) is 6.08 Å². The SMILES string of the molecule is COc1cccc(Cn2c(CCNCCCCC3=NC4C=C(NCC5=C=C(F)C=CC=N5)N=CC=C4O3)nc3c2C=CC=C=C3)c1. The first kappa shape index (κ1) is 30.7. The number of ether oxygens (including phenoxy) is 2. The summed E-state index contributed by atoms with van der Waals surface area (Å²) in [5.41, 5.74) is 9.44. The van der Waals surface area contributed by atoms with Crippen LogP contribution in [0, 0.1) is 0 Å². The quantitative estimate of drug-likeness (QED) is 0.212. The molecule has 234 valence electrons. The maximum Gasteiger partial charge on any atom is 0.190 e. The van der Waals surface area contributed by atoms with Crippen molar-refractivity contribution in [1.29, 1.82) is 0 Å². The Morgan fingerprint density at radius 3 is 2.98 bits per heavy atom. The average molecular weight is 618 g/mol. The summed E-state index contributed by atoms with van der Waals surface area (Å²) in [6.45, 7) is 2.72. The molecule has 6 rings (SSSR count). The summed E-state index contributed by atoms with van der Waals surface area (Å²) in [6, 6.07) is 7.92. The average Bonchev–Trinajstić information content (AvgIpc) is 3.28. The fourth-order valence-electron chi connectivity index (χ4n) is 5.34. The van der Waals surface area contributed by atoms with E-state index in [4.69, 9.17) is 19.5 Å². The van der Waals surface area contributed by atoms with Gasteiger partial charge in [-0.3, -0.25) is 4.99 Å². The smallest absolute Gasteiger partial charge is 0.190 e. The van der Waals surface area contributed by atoms with E-state index in [0.29, 0.717) is 24.6 Å². The van der Waals surface area contributed by atoms with Crippen molar-refractivity contribution >= 4 is 30.5 Å². The molecule has 10 heteroatoms. The van der Waals surface area contributed by atoms with Crippen LogP contribution in [0.15, 0.2) is 110 Å². The van der Waals surface area contributed by atoms with Crippen molar-refractivity contribution in [3.8, 4) is 5.75 Å². The number of fused-ring (bicyclic) bond motifs is 2.